The van der Waals surface area contributed by atoms with E-state index in [1.165, 1.54) is 32.1 Å². The highest BCUT2D eigenvalue weighted by Gasteiger charge is 2.21. The minimum atomic E-state index is 0.296. The molecule has 0 aromatic carbocycles. The van der Waals surface area contributed by atoms with E-state index in [0.29, 0.717) is 23.7 Å². The van der Waals surface area contributed by atoms with Crippen molar-refractivity contribution in [2.24, 2.45) is 5.92 Å². The van der Waals surface area contributed by atoms with Crippen LogP contribution in [0.25, 0.3) is 0 Å². The van der Waals surface area contributed by atoms with Gasteiger partial charge in [0.1, 0.15) is 17.5 Å². The molecule has 1 fully saturated rings. The normalized spacial score (nSPS) is 23.6. The number of rotatable bonds is 3. The molecule has 1 heterocycles. The molecule has 3 N–H and O–H groups in total. The van der Waals surface area contributed by atoms with Crippen molar-refractivity contribution in [3.05, 3.63) is 11.4 Å². The van der Waals surface area contributed by atoms with Crippen LogP contribution in [0.2, 0.25) is 0 Å². The largest absolute Gasteiger partial charge is 0.383 e. The average Bonchev–Trinajstić information content (AvgIpc) is 2.60. The van der Waals surface area contributed by atoms with Gasteiger partial charge in [-0.1, -0.05) is 40.0 Å². The number of hydrogen-bond donors (Lipinski definition) is 2. The quantitative estimate of drug-likeness (QED) is 0.823. The predicted octanol–water partition coefficient (Wildman–Crippen LogP) is 3.87. The number of nitrogen functional groups attached to an aromatic ring is 1. The third kappa shape index (κ3) is 3.41. The monoisotopic (exact) mass is 276 g/mol. The van der Waals surface area contributed by atoms with E-state index < -0.39 is 0 Å². The van der Waals surface area contributed by atoms with Gasteiger partial charge in [0.15, 0.2) is 0 Å². The van der Waals surface area contributed by atoms with Crippen LogP contribution in [0.4, 0.5) is 11.6 Å². The summed E-state index contributed by atoms with van der Waals surface area (Å²) >= 11 is 0. The zero-order valence-corrected chi connectivity index (χ0v) is 13.2. The zero-order chi connectivity index (χ0) is 14.7. The Labute approximate surface area is 122 Å². The van der Waals surface area contributed by atoms with Gasteiger partial charge in [0.2, 0.25) is 0 Å². The van der Waals surface area contributed by atoms with Gasteiger partial charge in [-0.05, 0) is 25.7 Å². The molecule has 20 heavy (non-hydrogen) atoms. The molecule has 2 unspecified atom stereocenters. The molecule has 2 atom stereocenters. The molecule has 0 amide bonds. The maximum atomic E-state index is 6.04. The SMILES string of the molecule is Cc1c(N)nc(C(C)C)nc1NC1CCCCCC1C. The summed E-state index contributed by atoms with van der Waals surface area (Å²) in [5.74, 6) is 3.35. The van der Waals surface area contributed by atoms with E-state index in [2.05, 4.69) is 36.1 Å². The molecule has 1 aliphatic rings. The molecule has 0 bridgehead atoms. The summed E-state index contributed by atoms with van der Waals surface area (Å²) in [6.45, 7) is 8.54. The van der Waals surface area contributed by atoms with E-state index in [-0.39, 0.29) is 0 Å². The molecule has 0 radical (unpaired) electrons. The molecule has 1 aromatic heterocycles. The van der Waals surface area contributed by atoms with Crippen molar-refractivity contribution >= 4 is 11.6 Å². The summed E-state index contributed by atoms with van der Waals surface area (Å²) in [7, 11) is 0. The average molecular weight is 276 g/mol. The van der Waals surface area contributed by atoms with E-state index in [9.17, 15) is 0 Å². The summed E-state index contributed by atoms with van der Waals surface area (Å²) in [6.07, 6.45) is 6.53. The third-order valence-corrected chi connectivity index (χ3v) is 4.40. The van der Waals surface area contributed by atoms with Crippen LogP contribution in [-0.4, -0.2) is 16.0 Å². The fourth-order valence-electron chi connectivity index (χ4n) is 2.83. The molecule has 1 aromatic rings. The standard InChI is InChI=1S/C16H28N4/c1-10(2)15-19-14(17)12(4)16(20-15)18-13-9-7-5-6-8-11(13)3/h10-11,13H,5-9H2,1-4H3,(H3,17,18,19,20). The lowest BCUT2D eigenvalue weighted by atomic mass is 9.97. The van der Waals surface area contributed by atoms with Crippen molar-refractivity contribution in [1.29, 1.82) is 0 Å². The highest BCUT2D eigenvalue weighted by atomic mass is 15.1. The minimum Gasteiger partial charge on any atom is -0.383 e. The molecule has 4 nitrogen and oxygen atoms in total. The van der Waals surface area contributed by atoms with E-state index in [0.717, 1.165) is 17.2 Å². The second-order valence-corrected chi connectivity index (χ2v) is 6.46. The first kappa shape index (κ1) is 15.1. The molecule has 1 saturated carbocycles. The molecular formula is C16H28N4. The second-order valence-electron chi connectivity index (χ2n) is 6.46. The van der Waals surface area contributed by atoms with Crippen molar-refractivity contribution in [2.75, 3.05) is 11.1 Å². The number of aromatic nitrogens is 2. The van der Waals surface area contributed by atoms with Crippen molar-refractivity contribution in [1.82, 2.24) is 9.97 Å². The summed E-state index contributed by atoms with van der Waals surface area (Å²) < 4.78 is 0. The fourth-order valence-corrected chi connectivity index (χ4v) is 2.83. The van der Waals surface area contributed by atoms with Gasteiger partial charge < -0.3 is 11.1 Å². The van der Waals surface area contributed by atoms with Gasteiger partial charge in [0.25, 0.3) is 0 Å². The summed E-state index contributed by atoms with van der Waals surface area (Å²) in [5.41, 5.74) is 7.02. The van der Waals surface area contributed by atoms with E-state index in [1.807, 2.05) is 6.92 Å². The van der Waals surface area contributed by atoms with Crippen LogP contribution in [0.15, 0.2) is 0 Å². The van der Waals surface area contributed by atoms with Gasteiger partial charge in [-0.3, -0.25) is 0 Å². The molecule has 2 rings (SSSR count). The first-order valence-electron chi connectivity index (χ1n) is 7.89. The highest BCUT2D eigenvalue weighted by Crippen LogP contribution is 2.28. The number of nitrogens with zero attached hydrogens (tertiary/aromatic N) is 2. The van der Waals surface area contributed by atoms with Gasteiger partial charge in [-0.25, -0.2) is 9.97 Å². The third-order valence-electron chi connectivity index (χ3n) is 4.40. The highest BCUT2D eigenvalue weighted by molar-refractivity contribution is 5.55. The number of hydrogen-bond acceptors (Lipinski definition) is 4. The van der Waals surface area contributed by atoms with Crippen LogP contribution in [0.1, 0.15) is 70.2 Å². The molecule has 112 valence electrons. The Bertz CT molecular complexity index is 456. The topological polar surface area (TPSA) is 63.8 Å². The van der Waals surface area contributed by atoms with E-state index in [1.54, 1.807) is 0 Å². The lowest BCUT2D eigenvalue weighted by molar-refractivity contribution is 0.455. The van der Waals surface area contributed by atoms with Crippen molar-refractivity contribution in [3.8, 4) is 0 Å². The maximum absolute atomic E-state index is 6.04. The minimum absolute atomic E-state index is 0.296. The predicted molar refractivity (Wildman–Crippen MR) is 84.9 cm³/mol. The second kappa shape index (κ2) is 6.42. The molecule has 4 heteroatoms. The Balaban J connectivity index is 2.23. The lowest BCUT2D eigenvalue weighted by Crippen LogP contribution is -2.27. The first-order chi connectivity index (χ1) is 9.49. The van der Waals surface area contributed by atoms with Crippen LogP contribution in [-0.2, 0) is 0 Å². The molecular weight excluding hydrogens is 248 g/mol. The Morgan fingerprint density at radius 1 is 1.15 bits per heavy atom. The van der Waals surface area contributed by atoms with Crippen LogP contribution >= 0.6 is 0 Å². The lowest BCUT2D eigenvalue weighted by Gasteiger charge is -2.25. The van der Waals surface area contributed by atoms with Gasteiger partial charge in [-0.2, -0.15) is 0 Å². The molecule has 0 spiro atoms. The maximum Gasteiger partial charge on any atom is 0.135 e. The summed E-state index contributed by atoms with van der Waals surface area (Å²) in [4.78, 5) is 9.08. The van der Waals surface area contributed by atoms with Gasteiger partial charge in [0, 0.05) is 17.5 Å². The Hall–Kier alpha value is -1.32. The van der Waals surface area contributed by atoms with Crippen LogP contribution in [0, 0.1) is 12.8 Å². The summed E-state index contributed by atoms with van der Waals surface area (Å²) in [6, 6.07) is 0.505. The van der Waals surface area contributed by atoms with Crippen LogP contribution < -0.4 is 11.1 Å². The number of nitrogens with two attached hydrogens (primary N) is 1. The van der Waals surface area contributed by atoms with Crippen molar-refractivity contribution in [3.63, 3.8) is 0 Å². The fraction of sp³-hybridized carbons (Fsp3) is 0.750. The van der Waals surface area contributed by atoms with E-state index in [4.69, 9.17) is 5.73 Å². The zero-order valence-electron chi connectivity index (χ0n) is 13.2. The Morgan fingerprint density at radius 2 is 1.85 bits per heavy atom. The summed E-state index contributed by atoms with van der Waals surface area (Å²) in [5, 5.41) is 3.64. The van der Waals surface area contributed by atoms with Gasteiger partial charge >= 0.3 is 0 Å². The smallest absolute Gasteiger partial charge is 0.135 e. The Morgan fingerprint density at radius 3 is 2.55 bits per heavy atom. The Kier molecular flexibility index (Phi) is 4.84. The van der Waals surface area contributed by atoms with Crippen LogP contribution in [0.3, 0.4) is 0 Å². The van der Waals surface area contributed by atoms with Crippen LogP contribution in [0.5, 0.6) is 0 Å². The van der Waals surface area contributed by atoms with Gasteiger partial charge in [-0.15, -0.1) is 0 Å². The number of nitrogens with one attached hydrogen (secondary N) is 1. The van der Waals surface area contributed by atoms with E-state index >= 15 is 0 Å². The molecule has 0 saturated heterocycles. The number of anilines is 2. The first-order valence-corrected chi connectivity index (χ1v) is 7.89. The molecule has 1 aliphatic carbocycles. The van der Waals surface area contributed by atoms with Crippen molar-refractivity contribution in [2.45, 2.75) is 71.8 Å². The molecule has 0 aliphatic heterocycles. The van der Waals surface area contributed by atoms with Crippen molar-refractivity contribution < 1.29 is 0 Å². The van der Waals surface area contributed by atoms with Gasteiger partial charge in [0.05, 0.1) is 0 Å².